The van der Waals surface area contributed by atoms with Gasteiger partial charge in [-0.05, 0) is 12.5 Å². The molecule has 1 rings (SSSR count). The number of carboxylic acids is 1. The lowest BCUT2D eigenvalue weighted by Crippen LogP contribution is -2.50. The standard InChI is InChI=1S/C7H10F3NO2/c1-4-2-11-3-6(4,5(12)13)7(8,9)10/h4,11H,2-3H2,1H3,(H,12,13)/t4-,6+/m0/s1. The van der Waals surface area contributed by atoms with Crippen molar-refractivity contribution < 1.29 is 23.1 Å². The van der Waals surface area contributed by atoms with E-state index in [2.05, 4.69) is 5.32 Å². The Balaban J connectivity index is 3.08. The van der Waals surface area contributed by atoms with Gasteiger partial charge in [0.15, 0.2) is 5.41 Å². The summed E-state index contributed by atoms with van der Waals surface area (Å²) in [6.45, 7) is 0.848. The average Bonchev–Trinajstić information content (AvgIpc) is 2.29. The molecule has 0 saturated carbocycles. The van der Waals surface area contributed by atoms with Gasteiger partial charge in [-0.2, -0.15) is 13.2 Å². The molecule has 0 bridgehead atoms. The van der Waals surface area contributed by atoms with E-state index in [4.69, 9.17) is 5.11 Å². The maximum Gasteiger partial charge on any atom is 0.406 e. The van der Waals surface area contributed by atoms with E-state index in [0.29, 0.717) is 0 Å². The minimum atomic E-state index is -4.69. The lowest BCUT2D eigenvalue weighted by Gasteiger charge is -2.30. The van der Waals surface area contributed by atoms with Gasteiger partial charge in [0.25, 0.3) is 0 Å². The molecule has 2 atom stereocenters. The van der Waals surface area contributed by atoms with Crippen molar-refractivity contribution in [2.45, 2.75) is 13.1 Å². The normalized spacial score (nSPS) is 34.9. The highest BCUT2D eigenvalue weighted by molar-refractivity contribution is 5.77. The summed E-state index contributed by atoms with van der Waals surface area (Å²) in [5.41, 5.74) is -2.60. The van der Waals surface area contributed by atoms with Gasteiger partial charge in [-0.1, -0.05) is 6.92 Å². The van der Waals surface area contributed by atoms with Crippen LogP contribution in [0.3, 0.4) is 0 Å². The fraction of sp³-hybridized carbons (Fsp3) is 0.857. The average molecular weight is 197 g/mol. The van der Waals surface area contributed by atoms with Gasteiger partial charge in [0.1, 0.15) is 0 Å². The van der Waals surface area contributed by atoms with Crippen molar-refractivity contribution in [2.24, 2.45) is 11.3 Å². The van der Waals surface area contributed by atoms with Gasteiger partial charge in [-0.3, -0.25) is 4.79 Å². The highest BCUT2D eigenvalue weighted by atomic mass is 19.4. The largest absolute Gasteiger partial charge is 0.481 e. The van der Waals surface area contributed by atoms with Crippen LogP contribution in [-0.2, 0) is 4.79 Å². The number of alkyl halides is 3. The van der Waals surface area contributed by atoms with E-state index in [0.717, 1.165) is 0 Å². The predicted molar refractivity (Wildman–Crippen MR) is 38.2 cm³/mol. The molecule has 0 aromatic rings. The van der Waals surface area contributed by atoms with Gasteiger partial charge in [0.05, 0.1) is 0 Å². The highest BCUT2D eigenvalue weighted by Gasteiger charge is 2.65. The summed E-state index contributed by atoms with van der Waals surface area (Å²) in [6, 6.07) is 0. The topological polar surface area (TPSA) is 49.3 Å². The summed E-state index contributed by atoms with van der Waals surface area (Å²) in [5, 5.41) is 11.1. The van der Waals surface area contributed by atoms with Crippen LogP contribution in [0, 0.1) is 11.3 Å². The third-order valence-electron chi connectivity index (χ3n) is 2.58. The van der Waals surface area contributed by atoms with Crippen LogP contribution in [-0.4, -0.2) is 30.3 Å². The molecule has 0 unspecified atom stereocenters. The first-order valence-electron chi connectivity index (χ1n) is 3.83. The number of hydrogen-bond acceptors (Lipinski definition) is 2. The second kappa shape index (κ2) is 2.87. The first-order valence-corrected chi connectivity index (χ1v) is 3.83. The zero-order valence-electron chi connectivity index (χ0n) is 6.98. The Kier molecular flexibility index (Phi) is 2.27. The van der Waals surface area contributed by atoms with E-state index >= 15 is 0 Å². The third-order valence-corrected chi connectivity index (χ3v) is 2.58. The van der Waals surface area contributed by atoms with Crippen molar-refractivity contribution >= 4 is 5.97 Å². The fourth-order valence-corrected chi connectivity index (χ4v) is 1.62. The molecule has 0 radical (unpaired) electrons. The Hall–Kier alpha value is -0.780. The molecule has 1 heterocycles. The van der Waals surface area contributed by atoms with E-state index < -0.39 is 30.0 Å². The van der Waals surface area contributed by atoms with E-state index in [1.807, 2.05) is 0 Å². The number of nitrogens with one attached hydrogen (secondary N) is 1. The van der Waals surface area contributed by atoms with Crippen molar-refractivity contribution in [1.29, 1.82) is 0 Å². The molecule has 0 amide bonds. The van der Waals surface area contributed by atoms with Crippen molar-refractivity contribution in [1.82, 2.24) is 5.32 Å². The number of rotatable bonds is 1. The van der Waals surface area contributed by atoms with Gasteiger partial charge in [0.2, 0.25) is 0 Å². The number of carboxylic acid groups (broad SMARTS) is 1. The minimum absolute atomic E-state index is 0.0891. The lowest BCUT2D eigenvalue weighted by atomic mass is 9.78. The monoisotopic (exact) mass is 197 g/mol. The molecule has 0 aromatic heterocycles. The molecular weight excluding hydrogens is 187 g/mol. The van der Waals surface area contributed by atoms with Crippen molar-refractivity contribution in [3.8, 4) is 0 Å². The first-order chi connectivity index (χ1) is 5.82. The SMILES string of the molecule is C[C@H]1CNC[C@@]1(C(=O)O)C(F)(F)F. The molecule has 1 fully saturated rings. The molecule has 1 saturated heterocycles. The van der Waals surface area contributed by atoms with Crippen LogP contribution in [0.15, 0.2) is 0 Å². The Bertz CT molecular complexity index is 228. The predicted octanol–water partition coefficient (Wildman–Crippen LogP) is 0.859. The lowest BCUT2D eigenvalue weighted by molar-refractivity contribution is -0.235. The molecule has 3 nitrogen and oxygen atoms in total. The van der Waals surface area contributed by atoms with Crippen molar-refractivity contribution in [3.05, 3.63) is 0 Å². The highest BCUT2D eigenvalue weighted by Crippen LogP contribution is 2.46. The van der Waals surface area contributed by atoms with E-state index in [1.54, 1.807) is 0 Å². The van der Waals surface area contributed by atoms with Crippen LogP contribution in [0.5, 0.6) is 0 Å². The fourth-order valence-electron chi connectivity index (χ4n) is 1.62. The Morgan fingerprint density at radius 3 is 2.31 bits per heavy atom. The van der Waals surface area contributed by atoms with Crippen molar-refractivity contribution in [3.63, 3.8) is 0 Å². The van der Waals surface area contributed by atoms with E-state index in [1.165, 1.54) is 6.92 Å². The minimum Gasteiger partial charge on any atom is -0.481 e. The van der Waals surface area contributed by atoms with Gasteiger partial charge in [-0.25, -0.2) is 0 Å². The summed E-state index contributed by atoms with van der Waals surface area (Å²) in [4.78, 5) is 10.6. The van der Waals surface area contributed by atoms with Gasteiger partial charge >= 0.3 is 12.1 Å². The molecule has 0 spiro atoms. The molecule has 0 aliphatic carbocycles. The third kappa shape index (κ3) is 1.29. The summed E-state index contributed by atoms with van der Waals surface area (Å²) in [7, 11) is 0. The Labute approximate surface area is 72.9 Å². The molecular formula is C7H10F3NO2. The van der Waals surface area contributed by atoms with Crippen LogP contribution in [0.2, 0.25) is 0 Å². The molecule has 6 heteroatoms. The smallest absolute Gasteiger partial charge is 0.406 e. The maximum absolute atomic E-state index is 12.5. The summed E-state index contributed by atoms with van der Waals surface area (Å²) in [5.74, 6) is -2.72. The second-order valence-corrected chi connectivity index (χ2v) is 3.31. The van der Waals surface area contributed by atoms with Crippen LogP contribution < -0.4 is 5.32 Å². The van der Waals surface area contributed by atoms with E-state index in [9.17, 15) is 18.0 Å². The molecule has 76 valence electrons. The van der Waals surface area contributed by atoms with Crippen LogP contribution in [0.1, 0.15) is 6.92 Å². The summed E-state index contributed by atoms with van der Waals surface area (Å²) < 4.78 is 37.5. The summed E-state index contributed by atoms with van der Waals surface area (Å²) >= 11 is 0. The Morgan fingerprint density at radius 1 is 1.62 bits per heavy atom. The van der Waals surface area contributed by atoms with Crippen LogP contribution in [0.25, 0.3) is 0 Å². The molecule has 0 aromatic carbocycles. The molecule has 1 aliphatic heterocycles. The quantitative estimate of drug-likeness (QED) is 0.655. The Morgan fingerprint density at radius 2 is 2.15 bits per heavy atom. The number of halogens is 3. The van der Waals surface area contributed by atoms with E-state index in [-0.39, 0.29) is 6.54 Å². The molecule has 13 heavy (non-hydrogen) atoms. The molecule has 1 aliphatic rings. The summed E-state index contributed by atoms with van der Waals surface area (Å²) in [6.07, 6.45) is -4.69. The van der Waals surface area contributed by atoms with Gasteiger partial charge in [0, 0.05) is 6.54 Å². The molecule has 2 N–H and O–H groups in total. The number of aliphatic carboxylic acids is 1. The van der Waals surface area contributed by atoms with Gasteiger partial charge in [-0.15, -0.1) is 0 Å². The van der Waals surface area contributed by atoms with Crippen LogP contribution >= 0.6 is 0 Å². The second-order valence-electron chi connectivity index (χ2n) is 3.31. The number of hydrogen-bond donors (Lipinski definition) is 2. The zero-order chi connectivity index (χ0) is 10.3. The maximum atomic E-state index is 12.5. The van der Waals surface area contributed by atoms with Crippen molar-refractivity contribution in [2.75, 3.05) is 13.1 Å². The van der Waals surface area contributed by atoms with Gasteiger partial charge < -0.3 is 10.4 Å². The zero-order valence-corrected chi connectivity index (χ0v) is 6.98. The number of carbonyl (C=O) groups is 1. The van der Waals surface area contributed by atoms with Crippen LogP contribution in [0.4, 0.5) is 13.2 Å². The first kappa shape index (κ1) is 10.3.